The van der Waals surface area contributed by atoms with Gasteiger partial charge in [-0.3, -0.25) is 9.87 Å². The van der Waals surface area contributed by atoms with Crippen LogP contribution in [-0.4, -0.2) is 25.0 Å². The molecule has 8 nitrogen and oxygen atoms in total. The lowest BCUT2D eigenvalue weighted by atomic mass is 10.0. The summed E-state index contributed by atoms with van der Waals surface area (Å²) in [6, 6.07) is 18.2. The summed E-state index contributed by atoms with van der Waals surface area (Å²) in [6.45, 7) is 1.80. The number of imide groups is 1. The lowest BCUT2D eigenvalue weighted by Crippen LogP contribution is -2.37. The van der Waals surface area contributed by atoms with Crippen molar-refractivity contribution in [3.8, 4) is 11.1 Å². The van der Waals surface area contributed by atoms with Gasteiger partial charge in [0.05, 0.1) is 4.90 Å². The van der Waals surface area contributed by atoms with Gasteiger partial charge in [-0.15, -0.1) is 0 Å². The van der Waals surface area contributed by atoms with Crippen LogP contribution in [0.3, 0.4) is 0 Å². The van der Waals surface area contributed by atoms with E-state index in [0.29, 0.717) is 22.5 Å². The van der Waals surface area contributed by atoms with Crippen LogP contribution in [0.5, 0.6) is 0 Å². The van der Waals surface area contributed by atoms with Crippen molar-refractivity contribution in [2.45, 2.75) is 11.8 Å². The number of amides is 4. The first-order valence-electron chi connectivity index (χ1n) is 8.85. The van der Waals surface area contributed by atoms with Gasteiger partial charge in [-0.05, 0) is 60.0 Å². The van der Waals surface area contributed by atoms with Crippen molar-refractivity contribution in [3.05, 3.63) is 78.4 Å². The van der Waals surface area contributed by atoms with Crippen LogP contribution in [0.15, 0.2) is 77.7 Å². The van der Waals surface area contributed by atoms with Gasteiger partial charge in [0.1, 0.15) is 0 Å². The number of benzene rings is 3. The second-order valence-corrected chi connectivity index (χ2v) is 7.85. The normalized spacial score (nSPS) is 10.9. The highest BCUT2D eigenvalue weighted by Gasteiger charge is 2.13. The second kappa shape index (κ2) is 8.76. The molecule has 0 bridgehead atoms. The summed E-state index contributed by atoms with van der Waals surface area (Å²) in [5.41, 5.74) is 2.93. The Balaban J connectivity index is 1.73. The Hall–Kier alpha value is -3.69. The first kappa shape index (κ1) is 21.0. The van der Waals surface area contributed by atoms with E-state index in [4.69, 9.17) is 0 Å². The third-order valence-corrected chi connectivity index (χ3v) is 5.05. The molecule has 0 aliphatic heterocycles. The molecule has 30 heavy (non-hydrogen) atoms. The average Bonchev–Trinajstić information content (AvgIpc) is 2.68. The van der Waals surface area contributed by atoms with E-state index < -0.39 is 22.2 Å². The van der Waals surface area contributed by atoms with Gasteiger partial charge in [-0.1, -0.05) is 36.4 Å². The highest BCUT2D eigenvalue weighted by molar-refractivity contribution is 7.85. The summed E-state index contributed by atoms with van der Waals surface area (Å²) in [4.78, 5) is 23.8. The Kier molecular flexibility index (Phi) is 6.14. The summed E-state index contributed by atoms with van der Waals surface area (Å²) in [5.74, 6) is 0. The van der Waals surface area contributed by atoms with E-state index in [1.807, 2.05) is 0 Å². The molecule has 0 aromatic heterocycles. The quantitative estimate of drug-likeness (QED) is 0.465. The Bertz CT molecular complexity index is 1190. The number of anilines is 2. The number of hydrogen-bond donors (Lipinski definition) is 4. The second-order valence-electron chi connectivity index (χ2n) is 6.43. The number of carbonyl (C=O) groups excluding carboxylic acids is 2. The van der Waals surface area contributed by atoms with Gasteiger partial charge >= 0.3 is 12.1 Å². The number of carbonyl (C=O) groups is 2. The van der Waals surface area contributed by atoms with E-state index in [2.05, 4.69) is 16.0 Å². The molecule has 3 aromatic rings. The molecule has 0 spiro atoms. The van der Waals surface area contributed by atoms with Gasteiger partial charge in [0.25, 0.3) is 10.1 Å². The summed E-state index contributed by atoms with van der Waals surface area (Å²) < 4.78 is 32.1. The highest BCUT2D eigenvalue weighted by atomic mass is 32.2. The van der Waals surface area contributed by atoms with Crippen LogP contribution in [0.2, 0.25) is 0 Å². The summed E-state index contributed by atoms with van der Waals surface area (Å²) >= 11 is 0. The maximum absolute atomic E-state index is 12.1. The van der Waals surface area contributed by atoms with Crippen molar-refractivity contribution < 1.29 is 22.6 Å². The van der Waals surface area contributed by atoms with Crippen molar-refractivity contribution in [2.75, 3.05) is 10.6 Å². The fraction of sp³-hybridized carbons (Fsp3) is 0.0476. The first-order valence-corrected chi connectivity index (χ1v) is 10.3. The van der Waals surface area contributed by atoms with Crippen LogP contribution < -0.4 is 16.0 Å². The molecule has 0 saturated heterocycles. The van der Waals surface area contributed by atoms with E-state index in [1.165, 1.54) is 12.1 Å². The minimum Gasteiger partial charge on any atom is -0.308 e. The van der Waals surface area contributed by atoms with E-state index in [0.717, 1.165) is 5.56 Å². The third kappa shape index (κ3) is 5.43. The Labute approximate surface area is 173 Å². The van der Waals surface area contributed by atoms with Crippen LogP contribution in [0.25, 0.3) is 11.1 Å². The molecule has 0 unspecified atom stereocenters. The van der Waals surface area contributed by atoms with Gasteiger partial charge in [0, 0.05) is 11.4 Å². The molecular formula is C21H19N3O5S. The Morgan fingerprint density at radius 1 is 0.800 bits per heavy atom. The maximum atomic E-state index is 12.1. The molecular weight excluding hydrogens is 406 g/mol. The van der Waals surface area contributed by atoms with Crippen molar-refractivity contribution in [2.24, 2.45) is 0 Å². The minimum atomic E-state index is -4.34. The van der Waals surface area contributed by atoms with Gasteiger partial charge < -0.3 is 10.6 Å². The Morgan fingerprint density at radius 3 is 2.10 bits per heavy atom. The lowest BCUT2D eigenvalue weighted by Gasteiger charge is -2.11. The molecule has 0 aliphatic carbocycles. The molecule has 4 N–H and O–H groups in total. The van der Waals surface area contributed by atoms with E-state index in [9.17, 15) is 22.6 Å². The topological polar surface area (TPSA) is 125 Å². The van der Waals surface area contributed by atoms with Crippen molar-refractivity contribution in [1.82, 2.24) is 5.32 Å². The smallest absolute Gasteiger partial charge is 0.308 e. The van der Waals surface area contributed by atoms with Crippen molar-refractivity contribution in [1.29, 1.82) is 0 Å². The van der Waals surface area contributed by atoms with Crippen LogP contribution in [0.4, 0.5) is 21.0 Å². The zero-order valence-corrected chi connectivity index (χ0v) is 16.7. The number of para-hydroxylation sites is 1. The van der Waals surface area contributed by atoms with Gasteiger partial charge in [-0.25, -0.2) is 9.59 Å². The predicted octanol–water partition coefficient (Wildman–Crippen LogP) is 4.26. The summed E-state index contributed by atoms with van der Waals surface area (Å²) in [5, 5.41) is 7.25. The number of rotatable bonds is 4. The molecule has 0 aliphatic rings. The van der Waals surface area contributed by atoms with E-state index >= 15 is 0 Å². The minimum absolute atomic E-state index is 0.225. The molecule has 3 aromatic carbocycles. The van der Waals surface area contributed by atoms with Crippen LogP contribution >= 0.6 is 0 Å². The molecule has 0 atom stereocenters. The number of urea groups is 2. The zero-order valence-electron chi connectivity index (χ0n) is 15.9. The predicted molar refractivity (Wildman–Crippen MR) is 114 cm³/mol. The monoisotopic (exact) mass is 425 g/mol. The largest absolute Gasteiger partial charge is 0.327 e. The SMILES string of the molecule is Cc1ccc(S(=O)(=O)O)cc1-c1cccc(NC(=O)NC(=O)Nc2ccccc2)c1. The van der Waals surface area contributed by atoms with Gasteiger partial charge in [0.15, 0.2) is 0 Å². The molecule has 4 amide bonds. The van der Waals surface area contributed by atoms with E-state index in [-0.39, 0.29) is 4.90 Å². The third-order valence-electron chi connectivity index (χ3n) is 4.20. The molecule has 9 heteroatoms. The van der Waals surface area contributed by atoms with Crippen molar-refractivity contribution in [3.63, 3.8) is 0 Å². The van der Waals surface area contributed by atoms with Crippen LogP contribution in [0.1, 0.15) is 5.56 Å². The molecule has 3 rings (SSSR count). The average molecular weight is 425 g/mol. The van der Waals surface area contributed by atoms with Crippen molar-refractivity contribution >= 4 is 33.6 Å². The summed E-state index contributed by atoms with van der Waals surface area (Å²) in [6.07, 6.45) is 0. The standard InChI is InChI=1S/C21H19N3O5S/c1-14-10-11-18(30(27,28)29)13-19(14)15-6-5-9-17(12-15)23-21(26)24-20(25)22-16-7-3-2-4-8-16/h2-13H,1H3,(H,27,28,29)(H3,22,23,24,25,26). The fourth-order valence-electron chi connectivity index (χ4n) is 2.79. The highest BCUT2D eigenvalue weighted by Crippen LogP contribution is 2.28. The lowest BCUT2D eigenvalue weighted by molar-refractivity contribution is 0.240. The molecule has 154 valence electrons. The van der Waals surface area contributed by atoms with Gasteiger partial charge in [-0.2, -0.15) is 8.42 Å². The van der Waals surface area contributed by atoms with E-state index in [1.54, 1.807) is 67.6 Å². The molecule has 0 saturated carbocycles. The molecule has 0 heterocycles. The zero-order chi connectivity index (χ0) is 21.7. The maximum Gasteiger partial charge on any atom is 0.327 e. The van der Waals surface area contributed by atoms with Crippen LogP contribution in [-0.2, 0) is 10.1 Å². The Morgan fingerprint density at radius 2 is 1.43 bits per heavy atom. The fourth-order valence-corrected chi connectivity index (χ4v) is 3.29. The number of hydrogen-bond acceptors (Lipinski definition) is 4. The molecule has 0 fully saturated rings. The molecule has 0 radical (unpaired) electrons. The first-order chi connectivity index (χ1) is 14.2. The van der Waals surface area contributed by atoms with Crippen LogP contribution in [0, 0.1) is 6.92 Å². The number of aryl methyl sites for hydroxylation is 1. The summed E-state index contributed by atoms with van der Waals surface area (Å²) in [7, 11) is -4.34. The van der Waals surface area contributed by atoms with Gasteiger partial charge in [0.2, 0.25) is 0 Å². The number of nitrogens with one attached hydrogen (secondary N) is 3.